The highest BCUT2D eigenvalue weighted by molar-refractivity contribution is 5.91. The fourth-order valence-electron chi connectivity index (χ4n) is 2.32. The molecule has 112 valence electrons. The molecule has 2 heterocycles. The topological polar surface area (TPSA) is 103 Å². The highest BCUT2D eigenvalue weighted by atomic mass is 35.5. The lowest BCUT2D eigenvalue weighted by Gasteiger charge is -2.33. The molecule has 2 N–H and O–H groups in total. The third-order valence-corrected chi connectivity index (χ3v) is 3.55. The van der Waals surface area contributed by atoms with Crippen LogP contribution in [0.25, 0.3) is 0 Å². The van der Waals surface area contributed by atoms with E-state index in [1.54, 1.807) is 4.90 Å². The summed E-state index contributed by atoms with van der Waals surface area (Å²) in [6, 6.07) is 2.67. The molecule has 1 atom stereocenters. The van der Waals surface area contributed by atoms with Crippen molar-refractivity contribution < 1.29 is 14.1 Å². The van der Waals surface area contributed by atoms with E-state index in [0.717, 1.165) is 12.8 Å². The van der Waals surface area contributed by atoms with Gasteiger partial charge in [-0.25, -0.2) is 0 Å². The third-order valence-electron chi connectivity index (χ3n) is 3.55. The fraction of sp³-hybridized carbons (Fsp3) is 0.583. The molecular formula is C12H18ClN3O4. The molecule has 0 radical (unpaired) electrons. The van der Waals surface area contributed by atoms with Crippen LogP contribution >= 0.6 is 12.4 Å². The molecule has 1 aliphatic rings. The molecule has 0 aromatic carbocycles. The summed E-state index contributed by atoms with van der Waals surface area (Å²) in [5.41, 5.74) is 5.84. The van der Waals surface area contributed by atoms with Gasteiger partial charge in [0.25, 0.3) is 5.91 Å². The minimum atomic E-state index is -0.654. The second kappa shape index (κ2) is 6.71. The fourth-order valence-corrected chi connectivity index (χ4v) is 2.32. The Kier molecular flexibility index (Phi) is 5.52. The Bertz CT molecular complexity index is 481. The molecule has 20 heavy (non-hydrogen) atoms. The third kappa shape index (κ3) is 3.49. The molecule has 1 saturated heterocycles. The lowest BCUT2D eigenvalue weighted by atomic mass is 9.91. The zero-order chi connectivity index (χ0) is 14.0. The first kappa shape index (κ1) is 16.5. The molecule has 0 spiro atoms. The van der Waals surface area contributed by atoms with Crippen LogP contribution in [0.2, 0.25) is 0 Å². The van der Waals surface area contributed by atoms with Gasteiger partial charge in [0.1, 0.15) is 4.92 Å². The van der Waals surface area contributed by atoms with Crippen LogP contribution in [0, 0.1) is 16.0 Å². The maximum Gasteiger partial charge on any atom is 0.433 e. The minimum Gasteiger partial charge on any atom is -0.395 e. The summed E-state index contributed by atoms with van der Waals surface area (Å²) >= 11 is 0. The van der Waals surface area contributed by atoms with Crippen LogP contribution in [0.4, 0.5) is 5.88 Å². The SMILES string of the molecule is CC(N)C1CCN(C(=O)c2ccc([N+](=O)[O-])o2)CC1.Cl. The van der Waals surface area contributed by atoms with Gasteiger partial charge in [0.2, 0.25) is 0 Å². The predicted molar refractivity (Wildman–Crippen MR) is 74.9 cm³/mol. The quantitative estimate of drug-likeness (QED) is 0.677. The monoisotopic (exact) mass is 303 g/mol. The van der Waals surface area contributed by atoms with Gasteiger partial charge in [-0.2, -0.15) is 0 Å². The number of halogens is 1. The van der Waals surface area contributed by atoms with Crippen molar-refractivity contribution in [3.63, 3.8) is 0 Å². The van der Waals surface area contributed by atoms with E-state index in [-0.39, 0.29) is 30.1 Å². The maximum absolute atomic E-state index is 12.1. The largest absolute Gasteiger partial charge is 0.433 e. The van der Waals surface area contributed by atoms with E-state index >= 15 is 0 Å². The molecule has 1 fully saturated rings. The number of rotatable bonds is 3. The first-order chi connectivity index (χ1) is 8.99. The number of nitrogens with two attached hydrogens (primary N) is 1. The number of amides is 1. The summed E-state index contributed by atoms with van der Waals surface area (Å²) in [5.74, 6) is -0.258. The van der Waals surface area contributed by atoms with Gasteiger partial charge in [0.05, 0.1) is 6.07 Å². The van der Waals surface area contributed by atoms with E-state index < -0.39 is 10.8 Å². The van der Waals surface area contributed by atoms with Crippen LogP contribution in [0.5, 0.6) is 0 Å². The lowest BCUT2D eigenvalue weighted by Crippen LogP contribution is -2.42. The van der Waals surface area contributed by atoms with Gasteiger partial charge in [-0.1, -0.05) is 0 Å². The zero-order valence-electron chi connectivity index (χ0n) is 11.2. The number of hydrogen-bond donors (Lipinski definition) is 1. The first-order valence-electron chi connectivity index (χ1n) is 6.28. The molecule has 1 amide bonds. The number of piperidine rings is 1. The van der Waals surface area contributed by atoms with E-state index in [4.69, 9.17) is 10.2 Å². The molecule has 1 aromatic rings. The summed E-state index contributed by atoms with van der Waals surface area (Å²) in [7, 11) is 0. The van der Waals surface area contributed by atoms with Crippen molar-refractivity contribution in [1.82, 2.24) is 4.90 Å². The van der Waals surface area contributed by atoms with Gasteiger partial charge in [-0.3, -0.25) is 14.9 Å². The number of hydrogen-bond acceptors (Lipinski definition) is 5. The standard InChI is InChI=1S/C12H17N3O4.ClH/c1-8(13)9-4-6-14(7-5-9)12(16)10-2-3-11(19-10)15(17)18;/h2-3,8-9H,4-7,13H2,1H3;1H. The lowest BCUT2D eigenvalue weighted by molar-refractivity contribution is -0.402. The number of furan rings is 1. The highest BCUT2D eigenvalue weighted by Gasteiger charge is 2.28. The zero-order valence-corrected chi connectivity index (χ0v) is 12.0. The molecule has 0 aliphatic carbocycles. The van der Waals surface area contributed by atoms with Gasteiger partial charge in [0, 0.05) is 19.1 Å². The molecule has 8 heteroatoms. The molecule has 2 rings (SSSR count). The Labute approximate surface area is 122 Å². The summed E-state index contributed by atoms with van der Waals surface area (Å²) in [6.45, 7) is 3.19. The minimum absolute atomic E-state index is 0. The van der Waals surface area contributed by atoms with Crippen molar-refractivity contribution in [2.75, 3.05) is 13.1 Å². The number of carbonyl (C=O) groups excluding carboxylic acids is 1. The number of nitro groups is 1. The molecule has 1 aromatic heterocycles. The van der Waals surface area contributed by atoms with Gasteiger partial charge in [-0.15, -0.1) is 12.4 Å². The molecular weight excluding hydrogens is 286 g/mol. The Morgan fingerprint density at radius 1 is 1.50 bits per heavy atom. The van der Waals surface area contributed by atoms with E-state index in [9.17, 15) is 14.9 Å². The molecule has 0 saturated carbocycles. The van der Waals surface area contributed by atoms with Crippen molar-refractivity contribution >= 4 is 24.2 Å². The van der Waals surface area contributed by atoms with Crippen LogP contribution < -0.4 is 5.73 Å². The normalized spacial score (nSPS) is 17.4. The van der Waals surface area contributed by atoms with E-state index in [0.29, 0.717) is 19.0 Å². The van der Waals surface area contributed by atoms with Gasteiger partial charge >= 0.3 is 5.88 Å². The van der Waals surface area contributed by atoms with Crippen molar-refractivity contribution in [1.29, 1.82) is 0 Å². The molecule has 1 aliphatic heterocycles. The number of nitrogens with zero attached hydrogens (tertiary/aromatic N) is 2. The average Bonchev–Trinajstić information content (AvgIpc) is 2.87. The van der Waals surface area contributed by atoms with Gasteiger partial charge < -0.3 is 15.1 Å². The van der Waals surface area contributed by atoms with Crippen molar-refractivity contribution in [2.45, 2.75) is 25.8 Å². The summed E-state index contributed by atoms with van der Waals surface area (Å²) in [4.78, 5) is 23.6. The van der Waals surface area contributed by atoms with Crippen LogP contribution in [0.1, 0.15) is 30.3 Å². The Hall–Kier alpha value is -1.60. The average molecular weight is 304 g/mol. The van der Waals surface area contributed by atoms with E-state index in [1.165, 1.54) is 12.1 Å². The Morgan fingerprint density at radius 3 is 2.55 bits per heavy atom. The van der Waals surface area contributed by atoms with Crippen LogP contribution in [-0.4, -0.2) is 34.9 Å². The highest BCUT2D eigenvalue weighted by Crippen LogP contribution is 2.23. The number of likely N-dealkylation sites (tertiary alicyclic amines) is 1. The second-order valence-electron chi connectivity index (χ2n) is 4.88. The van der Waals surface area contributed by atoms with Gasteiger partial charge in [-0.05, 0) is 31.7 Å². The Balaban J connectivity index is 0.00000200. The van der Waals surface area contributed by atoms with Crippen LogP contribution in [0.15, 0.2) is 16.5 Å². The van der Waals surface area contributed by atoms with Gasteiger partial charge in [0.15, 0.2) is 5.76 Å². The smallest absolute Gasteiger partial charge is 0.395 e. The van der Waals surface area contributed by atoms with Crippen molar-refractivity contribution in [2.24, 2.45) is 11.7 Å². The van der Waals surface area contributed by atoms with E-state index in [1.807, 2.05) is 6.92 Å². The Morgan fingerprint density at radius 2 is 2.10 bits per heavy atom. The maximum atomic E-state index is 12.1. The van der Waals surface area contributed by atoms with Crippen molar-refractivity contribution in [3.05, 3.63) is 28.0 Å². The van der Waals surface area contributed by atoms with Crippen molar-refractivity contribution in [3.8, 4) is 0 Å². The van der Waals surface area contributed by atoms with E-state index in [2.05, 4.69) is 0 Å². The number of carbonyl (C=O) groups is 1. The molecule has 0 bridgehead atoms. The van der Waals surface area contributed by atoms with Crippen LogP contribution in [-0.2, 0) is 0 Å². The second-order valence-corrected chi connectivity index (χ2v) is 4.88. The summed E-state index contributed by atoms with van der Waals surface area (Å²) in [6.07, 6.45) is 1.71. The summed E-state index contributed by atoms with van der Waals surface area (Å²) in [5, 5.41) is 10.5. The van der Waals surface area contributed by atoms with Crippen LogP contribution in [0.3, 0.4) is 0 Å². The molecule has 7 nitrogen and oxygen atoms in total. The predicted octanol–water partition coefficient (Wildman–Crippen LogP) is 1.81. The molecule has 1 unspecified atom stereocenters. The first-order valence-corrected chi connectivity index (χ1v) is 6.28. The summed E-state index contributed by atoms with van der Waals surface area (Å²) < 4.78 is 4.92.